The van der Waals surface area contributed by atoms with E-state index in [-0.39, 0.29) is 0 Å². The van der Waals surface area contributed by atoms with E-state index in [0.717, 1.165) is 30.1 Å². The molecule has 0 heterocycles. The zero-order valence-corrected chi connectivity index (χ0v) is 25.2. The first-order valence-corrected chi connectivity index (χ1v) is 16.4. The number of halogens is 1. The van der Waals surface area contributed by atoms with Crippen molar-refractivity contribution in [3.05, 3.63) is 11.6 Å². The first-order chi connectivity index (χ1) is 16.1. The standard InChI is InChI=1S/C31H51BrOS/c1-6-7-8-9-10-11-12-22-14-16-26-25-15-13-23-21-24(34-28(33)29(2,3)32)17-19-31(23,5)27(25)18-20-30(22,26)4/h13,22,24-27H,6-12,14-21H2,1-5H3/t22-,24+,25+,26-,27+,30-,31+/m1/s1. The Morgan fingerprint density at radius 2 is 1.76 bits per heavy atom. The number of allylic oxidation sites excluding steroid dienone is 2. The topological polar surface area (TPSA) is 17.1 Å². The highest BCUT2D eigenvalue weighted by Crippen LogP contribution is 2.67. The van der Waals surface area contributed by atoms with Crippen LogP contribution < -0.4 is 0 Å². The molecule has 0 aromatic heterocycles. The lowest BCUT2D eigenvalue weighted by Crippen LogP contribution is -2.50. The average Bonchev–Trinajstić information content (AvgIpc) is 3.12. The predicted octanol–water partition coefficient (Wildman–Crippen LogP) is 10.1. The second-order valence-electron chi connectivity index (χ2n) is 13.4. The van der Waals surface area contributed by atoms with Crippen LogP contribution >= 0.6 is 27.7 Å². The van der Waals surface area contributed by atoms with Crippen LogP contribution in [0.2, 0.25) is 0 Å². The van der Waals surface area contributed by atoms with Crippen LogP contribution in [0.1, 0.15) is 131 Å². The number of fused-ring (bicyclic) bond motifs is 5. The molecule has 4 aliphatic carbocycles. The number of hydrogen-bond acceptors (Lipinski definition) is 2. The van der Waals surface area contributed by atoms with Gasteiger partial charge in [-0.05, 0) is 106 Å². The lowest BCUT2D eigenvalue weighted by Gasteiger charge is -2.58. The van der Waals surface area contributed by atoms with E-state index in [1.807, 2.05) is 13.8 Å². The zero-order valence-electron chi connectivity index (χ0n) is 22.8. The molecule has 0 aromatic carbocycles. The number of hydrogen-bond donors (Lipinski definition) is 0. The molecule has 0 saturated heterocycles. The fourth-order valence-corrected chi connectivity index (χ4v) is 10.1. The third-order valence-corrected chi connectivity index (χ3v) is 13.0. The molecule has 0 spiro atoms. The van der Waals surface area contributed by atoms with E-state index in [1.54, 1.807) is 17.3 Å². The van der Waals surface area contributed by atoms with Gasteiger partial charge in [-0.15, -0.1) is 0 Å². The van der Waals surface area contributed by atoms with Crippen LogP contribution in [0.4, 0.5) is 0 Å². The Kier molecular flexibility index (Phi) is 8.76. The summed E-state index contributed by atoms with van der Waals surface area (Å²) < 4.78 is -0.410. The Hall–Kier alpha value is 0.240. The van der Waals surface area contributed by atoms with Crippen LogP contribution in [-0.4, -0.2) is 14.7 Å². The molecule has 0 aromatic rings. The second-order valence-corrected chi connectivity index (χ2v) is 16.6. The quantitative estimate of drug-likeness (QED) is 0.161. The maximum Gasteiger partial charge on any atom is 0.205 e. The van der Waals surface area contributed by atoms with Crippen LogP contribution in [0, 0.1) is 34.5 Å². The van der Waals surface area contributed by atoms with Crippen LogP contribution in [0.5, 0.6) is 0 Å². The smallest absolute Gasteiger partial charge is 0.205 e. The number of rotatable bonds is 9. The largest absolute Gasteiger partial charge is 0.286 e. The Morgan fingerprint density at radius 1 is 1.03 bits per heavy atom. The molecule has 3 heteroatoms. The molecule has 0 bridgehead atoms. The van der Waals surface area contributed by atoms with Gasteiger partial charge in [-0.1, -0.05) is 98.6 Å². The zero-order chi connectivity index (χ0) is 24.6. The summed E-state index contributed by atoms with van der Waals surface area (Å²) in [7, 11) is 0. The summed E-state index contributed by atoms with van der Waals surface area (Å²) in [5.41, 5.74) is 2.71. The lowest BCUT2D eigenvalue weighted by molar-refractivity contribution is -0.112. The maximum absolute atomic E-state index is 12.6. The van der Waals surface area contributed by atoms with Gasteiger partial charge >= 0.3 is 0 Å². The van der Waals surface area contributed by atoms with Gasteiger partial charge < -0.3 is 0 Å². The fourth-order valence-electron chi connectivity index (χ4n) is 8.77. The number of alkyl halides is 1. The summed E-state index contributed by atoms with van der Waals surface area (Å²) in [5.74, 6) is 3.73. The summed E-state index contributed by atoms with van der Waals surface area (Å²) in [5, 5.41) is 0.772. The minimum absolute atomic E-state index is 0.297. The van der Waals surface area contributed by atoms with Gasteiger partial charge in [0.1, 0.15) is 0 Å². The van der Waals surface area contributed by atoms with Crippen LogP contribution in [0.25, 0.3) is 0 Å². The second kappa shape index (κ2) is 10.9. The Labute approximate surface area is 223 Å². The molecular weight excluding hydrogens is 500 g/mol. The minimum atomic E-state index is -0.410. The third-order valence-electron chi connectivity index (χ3n) is 10.9. The van der Waals surface area contributed by atoms with Gasteiger partial charge in [-0.25, -0.2) is 0 Å². The van der Waals surface area contributed by atoms with E-state index in [0.29, 0.717) is 21.2 Å². The van der Waals surface area contributed by atoms with Crippen molar-refractivity contribution in [1.29, 1.82) is 0 Å². The van der Waals surface area contributed by atoms with Crippen molar-refractivity contribution in [2.24, 2.45) is 34.5 Å². The molecule has 0 aliphatic heterocycles. The van der Waals surface area contributed by atoms with Gasteiger partial charge in [0.15, 0.2) is 0 Å². The molecule has 3 saturated carbocycles. The first kappa shape index (κ1) is 27.3. The van der Waals surface area contributed by atoms with Crippen LogP contribution in [0.3, 0.4) is 0 Å². The molecule has 4 aliphatic rings. The third kappa shape index (κ3) is 5.41. The molecule has 0 unspecified atom stereocenters. The van der Waals surface area contributed by atoms with Crippen LogP contribution in [-0.2, 0) is 4.79 Å². The predicted molar refractivity (Wildman–Crippen MR) is 153 cm³/mol. The summed E-state index contributed by atoms with van der Waals surface area (Å²) in [4.78, 5) is 12.6. The van der Waals surface area contributed by atoms with E-state index in [9.17, 15) is 4.79 Å². The fraction of sp³-hybridized carbons (Fsp3) is 0.903. The van der Waals surface area contributed by atoms with Gasteiger partial charge in [0.05, 0.1) is 4.32 Å². The van der Waals surface area contributed by atoms with Crippen molar-refractivity contribution in [1.82, 2.24) is 0 Å². The summed E-state index contributed by atoms with van der Waals surface area (Å²) in [6.07, 6.45) is 23.6. The highest BCUT2D eigenvalue weighted by molar-refractivity contribution is 9.10. The van der Waals surface area contributed by atoms with Crippen molar-refractivity contribution >= 4 is 32.8 Å². The number of thioether (sulfide) groups is 1. The molecule has 7 atom stereocenters. The normalized spacial score (nSPS) is 39.7. The van der Waals surface area contributed by atoms with Gasteiger partial charge in [0.25, 0.3) is 0 Å². The Morgan fingerprint density at radius 3 is 2.50 bits per heavy atom. The van der Waals surface area contributed by atoms with Gasteiger partial charge in [-0.2, -0.15) is 0 Å². The van der Waals surface area contributed by atoms with Crippen molar-refractivity contribution in [3.8, 4) is 0 Å². The van der Waals surface area contributed by atoms with Gasteiger partial charge in [0, 0.05) is 5.25 Å². The molecule has 4 rings (SSSR count). The molecule has 34 heavy (non-hydrogen) atoms. The van der Waals surface area contributed by atoms with Crippen LogP contribution in [0.15, 0.2) is 11.6 Å². The number of unbranched alkanes of at least 4 members (excludes halogenated alkanes) is 5. The van der Waals surface area contributed by atoms with E-state index in [4.69, 9.17) is 0 Å². The average molecular weight is 552 g/mol. The maximum atomic E-state index is 12.6. The Bertz CT molecular complexity index is 753. The number of carbonyl (C=O) groups excluding carboxylic acids is 1. The highest BCUT2D eigenvalue weighted by atomic mass is 79.9. The molecule has 1 nitrogen and oxygen atoms in total. The summed E-state index contributed by atoms with van der Waals surface area (Å²) in [6, 6.07) is 0. The first-order valence-electron chi connectivity index (χ1n) is 14.7. The molecule has 194 valence electrons. The van der Waals surface area contributed by atoms with Crippen molar-refractivity contribution < 1.29 is 4.79 Å². The summed E-state index contributed by atoms with van der Waals surface area (Å²) in [6.45, 7) is 11.6. The SMILES string of the molecule is CCCCCCCC[C@@H]1CC[C@@H]2[C@@H]3CC=C4C[C@@H](SC(=O)C(C)(C)Br)CC[C@]4(C)[C@H]3CC[C@]12C. The van der Waals surface area contributed by atoms with E-state index in [1.165, 1.54) is 89.9 Å². The van der Waals surface area contributed by atoms with Crippen molar-refractivity contribution in [2.45, 2.75) is 141 Å². The minimum Gasteiger partial charge on any atom is -0.286 e. The van der Waals surface area contributed by atoms with E-state index >= 15 is 0 Å². The van der Waals surface area contributed by atoms with Gasteiger partial charge in [0.2, 0.25) is 5.12 Å². The molecule has 0 N–H and O–H groups in total. The lowest BCUT2D eigenvalue weighted by atomic mass is 9.47. The van der Waals surface area contributed by atoms with Gasteiger partial charge in [-0.3, -0.25) is 4.79 Å². The molecule has 0 amide bonds. The molecule has 3 fully saturated rings. The van der Waals surface area contributed by atoms with E-state index < -0.39 is 4.32 Å². The van der Waals surface area contributed by atoms with E-state index in [2.05, 4.69) is 42.8 Å². The highest BCUT2D eigenvalue weighted by Gasteiger charge is 2.58. The molecular formula is C31H51BrOS. The summed E-state index contributed by atoms with van der Waals surface area (Å²) >= 11 is 5.19. The molecule has 0 radical (unpaired) electrons. The van der Waals surface area contributed by atoms with Crippen molar-refractivity contribution in [3.63, 3.8) is 0 Å². The van der Waals surface area contributed by atoms with Crippen molar-refractivity contribution in [2.75, 3.05) is 0 Å². The number of carbonyl (C=O) groups is 1. The monoisotopic (exact) mass is 550 g/mol. The Balaban J connectivity index is 1.38.